The second-order valence-corrected chi connectivity index (χ2v) is 3.95. The van der Waals surface area contributed by atoms with E-state index in [9.17, 15) is 4.79 Å². The standard InChI is InChI=1S/C11H22N2O/c1-3-13(4-2)9-5-8-12-11(14)10-6-7-10/h10H,3-9H2,1-2H3,(H,12,14). The van der Waals surface area contributed by atoms with Crippen molar-refractivity contribution in [2.24, 2.45) is 5.92 Å². The van der Waals surface area contributed by atoms with E-state index in [2.05, 4.69) is 24.1 Å². The number of nitrogens with zero attached hydrogens (tertiary/aromatic N) is 1. The first kappa shape index (κ1) is 11.5. The van der Waals surface area contributed by atoms with Crippen molar-refractivity contribution in [1.82, 2.24) is 10.2 Å². The summed E-state index contributed by atoms with van der Waals surface area (Å²) < 4.78 is 0. The Bertz CT molecular complexity index is 174. The highest BCUT2D eigenvalue weighted by atomic mass is 16.2. The number of rotatable bonds is 7. The lowest BCUT2D eigenvalue weighted by Gasteiger charge is -2.17. The van der Waals surface area contributed by atoms with Gasteiger partial charge in [0, 0.05) is 12.5 Å². The molecule has 14 heavy (non-hydrogen) atoms. The van der Waals surface area contributed by atoms with Crippen molar-refractivity contribution in [3.8, 4) is 0 Å². The lowest BCUT2D eigenvalue weighted by molar-refractivity contribution is -0.122. The molecule has 3 nitrogen and oxygen atoms in total. The van der Waals surface area contributed by atoms with E-state index in [1.807, 2.05) is 0 Å². The van der Waals surface area contributed by atoms with Gasteiger partial charge < -0.3 is 10.2 Å². The Hall–Kier alpha value is -0.570. The third-order valence-electron chi connectivity index (χ3n) is 2.79. The molecule has 0 atom stereocenters. The summed E-state index contributed by atoms with van der Waals surface area (Å²) in [7, 11) is 0. The number of nitrogens with one attached hydrogen (secondary N) is 1. The van der Waals surface area contributed by atoms with E-state index in [1.165, 1.54) is 0 Å². The first-order chi connectivity index (χ1) is 6.77. The van der Waals surface area contributed by atoms with Crippen LogP contribution in [0.25, 0.3) is 0 Å². The van der Waals surface area contributed by atoms with Gasteiger partial charge in [-0.25, -0.2) is 0 Å². The summed E-state index contributed by atoms with van der Waals surface area (Å²) in [5.74, 6) is 0.619. The second kappa shape index (κ2) is 6.02. The molecule has 82 valence electrons. The molecule has 0 bridgehead atoms. The van der Waals surface area contributed by atoms with E-state index in [0.717, 1.165) is 45.4 Å². The van der Waals surface area contributed by atoms with Crippen molar-refractivity contribution < 1.29 is 4.79 Å². The maximum absolute atomic E-state index is 11.3. The third-order valence-corrected chi connectivity index (χ3v) is 2.79. The topological polar surface area (TPSA) is 32.3 Å². The zero-order valence-electron chi connectivity index (χ0n) is 9.38. The average Bonchev–Trinajstić information content (AvgIpc) is 3.01. The van der Waals surface area contributed by atoms with E-state index in [1.54, 1.807) is 0 Å². The maximum atomic E-state index is 11.3. The van der Waals surface area contributed by atoms with Crippen molar-refractivity contribution in [3.05, 3.63) is 0 Å². The van der Waals surface area contributed by atoms with Crippen LogP contribution < -0.4 is 5.32 Å². The highest BCUT2D eigenvalue weighted by Crippen LogP contribution is 2.28. The fourth-order valence-corrected chi connectivity index (χ4v) is 1.54. The summed E-state index contributed by atoms with van der Waals surface area (Å²) in [6.07, 6.45) is 3.27. The number of amides is 1. The predicted molar refractivity (Wildman–Crippen MR) is 58.1 cm³/mol. The largest absolute Gasteiger partial charge is 0.356 e. The molecule has 0 radical (unpaired) electrons. The molecule has 0 aromatic carbocycles. The molecule has 0 heterocycles. The fourth-order valence-electron chi connectivity index (χ4n) is 1.54. The van der Waals surface area contributed by atoms with Gasteiger partial charge in [-0.2, -0.15) is 0 Å². The zero-order chi connectivity index (χ0) is 10.4. The minimum Gasteiger partial charge on any atom is -0.356 e. The van der Waals surface area contributed by atoms with Crippen LogP contribution in [0.2, 0.25) is 0 Å². The molecule has 3 heteroatoms. The van der Waals surface area contributed by atoms with Gasteiger partial charge in [-0.1, -0.05) is 13.8 Å². The van der Waals surface area contributed by atoms with E-state index >= 15 is 0 Å². The molecule has 0 spiro atoms. The van der Waals surface area contributed by atoms with E-state index in [4.69, 9.17) is 0 Å². The molecular formula is C11H22N2O. The molecule has 1 rings (SSSR count). The number of carbonyl (C=O) groups excluding carboxylic acids is 1. The predicted octanol–water partition coefficient (Wildman–Crippen LogP) is 1.24. The van der Waals surface area contributed by atoms with Crippen molar-refractivity contribution >= 4 is 5.91 Å². The SMILES string of the molecule is CCN(CC)CCCNC(=O)C1CC1. The Labute approximate surface area is 86.9 Å². The van der Waals surface area contributed by atoms with Gasteiger partial charge in [0.25, 0.3) is 0 Å². The van der Waals surface area contributed by atoms with E-state index in [-0.39, 0.29) is 5.91 Å². The highest BCUT2D eigenvalue weighted by Gasteiger charge is 2.28. The van der Waals surface area contributed by atoms with Gasteiger partial charge in [0.05, 0.1) is 0 Å². The van der Waals surface area contributed by atoms with Crippen LogP contribution in [0.1, 0.15) is 33.1 Å². The van der Waals surface area contributed by atoms with E-state index in [0.29, 0.717) is 5.92 Å². The average molecular weight is 198 g/mol. The fraction of sp³-hybridized carbons (Fsp3) is 0.909. The lowest BCUT2D eigenvalue weighted by atomic mass is 10.3. The maximum Gasteiger partial charge on any atom is 0.223 e. The molecule has 1 N–H and O–H groups in total. The molecule has 1 saturated carbocycles. The van der Waals surface area contributed by atoms with Crippen LogP contribution in [-0.4, -0.2) is 37.0 Å². The Kier molecular flexibility index (Phi) is 4.94. The minimum atomic E-state index is 0.268. The normalized spacial score (nSPS) is 15.9. The van der Waals surface area contributed by atoms with Gasteiger partial charge >= 0.3 is 0 Å². The molecule has 1 amide bonds. The number of hydrogen-bond donors (Lipinski definition) is 1. The van der Waals surface area contributed by atoms with Crippen molar-refractivity contribution in [2.45, 2.75) is 33.1 Å². The minimum absolute atomic E-state index is 0.268. The molecule has 1 aliphatic rings. The lowest BCUT2D eigenvalue weighted by Crippen LogP contribution is -2.30. The highest BCUT2D eigenvalue weighted by molar-refractivity contribution is 5.80. The number of hydrogen-bond acceptors (Lipinski definition) is 2. The summed E-state index contributed by atoms with van der Waals surface area (Å²) in [6.45, 7) is 8.49. The van der Waals surface area contributed by atoms with Crippen LogP contribution in [0.5, 0.6) is 0 Å². The summed E-state index contributed by atoms with van der Waals surface area (Å²) >= 11 is 0. The van der Waals surface area contributed by atoms with Gasteiger partial charge in [-0.15, -0.1) is 0 Å². The van der Waals surface area contributed by atoms with E-state index < -0.39 is 0 Å². The first-order valence-corrected chi connectivity index (χ1v) is 5.78. The molecule has 1 fully saturated rings. The third kappa shape index (κ3) is 4.09. The van der Waals surface area contributed by atoms with Crippen LogP contribution in [0.3, 0.4) is 0 Å². The molecule has 0 saturated heterocycles. The van der Waals surface area contributed by atoms with Crippen LogP contribution in [0.15, 0.2) is 0 Å². The zero-order valence-corrected chi connectivity index (χ0v) is 9.38. The smallest absolute Gasteiger partial charge is 0.223 e. The van der Waals surface area contributed by atoms with Crippen LogP contribution in [-0.2, 0) is 4.79 Å². The summed E-state index contributed by atoms with van der Waals surface area (Å²) in [5.41, 5.74) is 0. The quantitative estimate of drug-likeness (QED) is 0.624. The molecule has 0 aliphatic heterocycles. The Morgan fingerprint density at radius 1 is 1.36 bits per heavy atom. The van der Waals surface area contributed by atoms with Gasteiger partial charge in [0.2, 0.25) is 5.91 Å². The monoisotopic (exact) mass is 198 g/mol. The molecule has 0 aromatic heterocycles. The van der Waals surface area contributed by atoms with Crippen LogP contribution in [0.4, 0.5) is 0 Å². The van der Waals surface area contributed by atoms with Crippen molar-refractivity contribution in [1.29, 1.82) is 0 Å². The van der Waals surface area contributed by atoms with Crippen molar-refractivity contribution in [3.63, 3.8) is 0 Å². The van der Waals surface area contributed by atoms with Gasteiger partial charge in [0.1, 0.15) is 0 Å². The molecule has 0 aromatic rings. The Morgan fingerprint density at radius 2 is 2.00 bits per heavy atom. The van der Waals surface area contributed by atoms with Crippen LogP contribution in [0, 0.1) is 5.92 Å². The Balaban J connectivity index is 1.95. The Morgan fingerprint density at radius 3 is 2.50 bits per heavy atom. The van der Waals surface area contributed by atoms with Gasteiger partial charge in [-0.3, -0.25) is 4.79 Å². The van der Waals surface area contributed by atoms with Gasteiger partial charge in [0.15, 0.2) is 0 Å². The van der Waals surface area contributed by atoms with Gasteiger partial charge in [-0.05, 0) is 38.9 Å². The summed E-state index contributed by atoms with van der Waals surface area (Å²) in [6, 6.07) is 0. The summed E-state index contributed by atoms with van der Waals surface area (Å²) in [4.78, 5) is 13.6. The molecule has 1 aliphatic carbocycles. The molecular weight excluding hydrogens is 176 g/mol. The second-order valence-electron chi connectivity index (χ2n) is 3.95. The molecule has 0 unspecified atom stereocenters. The van der Waals surface area contributed by atoms with Crippen molar-refractivity contribution in [2.75, 3.05) is 26.2 Å². The first-order valence-electron chi connectivity index (χ1n) is 5.78. The number of carbonyl (C=O) groups is 1. The summed E-state index contributed by atoms with van der Waals surface area (Å²) in [5, 5.41) is 2.98. The van der Waals surface area contributed by atoms with Crippen LogP contribution >= 0.6 is 0 Å².